The molecule has 1 atom stereocenters. The van der Waals surface area contributed by atoms with Crippen LogP contribution < -0.4 is 0 Å². The Bertz CT molecular complexity index is 224. The molecule has 0 fully saturated rings. The van der Waals surface area contributed by atoms with Gasteiger partial charge in [-0.1, -0.05) is 0 Å². The van der Waals surface area contributed by atoms with E-state index in [-0.39, 0.29) is 13.0 Å². The zero-order valence-corrected chi connectivity index (χ0v) is 8.83. The Morgan fingerprint density at radius 2 is 2.00 bits per heavy atom. The van der Waals surface area contributed by atoms with Crippen LogP contribution >= 0.6 is 0 Å². The van der Waals surface area contributed by atoms with Crippen molar-refractivity contribution in [2.75, 3.05) is 25.6 Å². The van der Waals surface area contributed by atoms with Crippen molar-refractivity contribution in [3.05, 3.63) is 0 Å². The number of hydrogen-bond acceptors (Lipinski definition) is 4. The average Bonchev–Trinajstić information content (AvgIpc) is 2.08. The summed E-state index contributed by atoms with van der Waals surface area (Å²) in [6.45, 7) is 2.79. The first kappa shape index (κ1) is 13.8. The topological polar surface area (TPSA) is 92.7 Å². The van der Waals surface area contributed by atoms with Gasteiger partial charge in [0.1, 0.15) is 0 Å². The van der Waals surface area contributed by atoms with Crippen LogP contribution in [0, 0.1) is 0 Å². The molecule has 0 heterocycles. The zero-order chi connectivity index (χ0) is 11.0. The quantitative estimate of drug-likeness (QED) is 0.360. The molecule has 0 saturated carbocycles. The van der Waals surface area contributed by atoms with Crippen LogP contribution in [-0.2, 0) is 24.7 Å². The van der Waals surface area contributed by atoms with Gasteiger partial charge in [-0.2, -0.15) is 8.42 Å². The Hall–Kier alpha value is -0.210. The van der Waals surface area contributed by atoms with Gasteiger partial charge in [-0.15, -0.1) is 0 Å². The number of ether oxygens (including phenoxy) is 2. The van der Waals surface area contributed by atoms with Crippen LogP contribution in [0.1, 0.15) is 13.3 Å². The summed E-state index contributed by atoms with van der Waals surface area (Å²) in [5.41, 5.74) is 0. The van der Waals surface area contributed by atoms with Gasteiger partial charge in [0.2, 0.25) is 0 Å². The highest BCUT2D eigenvalue weighted by atomic mass is 32.2. The second kappa shape index (κ2) is 7.13. The highest BCUT2D eigenvalue weighted by Gasteiger charge is 2.11. The fourth-order valence-electron chi connectivity index (χ4n) is 0.711. The van der Waals surface area contributed by atoms with Crippen LogP contribution in [0.2, 0.25) is 0 Å². The minimum absolute atomic E-state index is 0.132. The van der Waals surface area contributed by atoms with Gasteiger partial charge in [0.25, 0.3) is 10.1 Å². The van der Waals surface area contributed by atoms with Crippen molar-refractivity contribution in [3.8, 4) is 0 Å². The third-order valence-electron chi connectivity index (χ3n) is 1.35. The fraction of sp³-hybridized carbons (Fsp3) is 1.00. The van der Waals surface area contributed by atoms with Gasteiger partial charge in [0.15, 0.2) is 6.29 Å². The third kappa shape index (κ3) is 9.87. The Kier molecular flexibility index (Phi) is 7.02. The molecule has 6 nitrogen and oxygen atoms in total. The van der Waals surface area contributed by atoms with E-state index in [1.54, 1.807) is 0 Å². The summed E-state index contributed by atoms with van der Waals surface area (Å²) in [6.07, 6.45) is -1.69. The van der Waals surface area contributed by atoms with E-state index in [0.717, 1.165) is 0 Å². The van der Waals surface area contributed by atoms with E-state index in [1.807, 2.05) is 6.92 Å². The monoisotopic (exact) mass is 227 g/mol. The van der Waals surface area contributed by atoms with E-state index in [1.165, 1.54) is 0 Å². The summed E-state index contributed by atoms with van der Waals surface area (Å²) >= 11 is 0. The van der Waals surface area contributed by atoms with Gasteiger partial charge in [0.05, 0.1) is 19.0 Å². The third-order valence-corrected chi connectivity index (χ3v) is 2.10. The Morgan fingerprint density at radius 3 is 2.50 bits per heavy atom. The normalized spacial score (nSPS) is 14.2. The highest BCUT2D eigenvalue weighted by Crippen LogP contribution is 1.98. The molecule has 0 aliphatic carbocycles. The maximum atomic E-state index is 10.9. The van der Waals surface area contributed by atoms with Gasteiger partial charge in [-0.3, -0.25) is 4.55 Å². The zero-order valence-electron chi connectivity index (χ0n) is 8.01. The van der Waals surface area contributed by atoms with Crippen molar-refractivity contribution in [2.45, 2.75) is 19.6 Å². The van der Waals surface area contributed by atoms with E-state index in [2.05, 4.69) is 4.74 Å². The van der Waals surface area contributed by atoms with Crippen molar-refractivity contribution in [1.29, 1.82) is 0 Å². The lowest BCUT2D eigenvalue weighted by Crippen LogP contribution is -2.18. The molecular formula is C7H15O6S. The predicted octanol–water partition coefficient (Wildman–Crippen LogP) is 0.0740. The molecule has 7 heteroatoms. The molecule has 0 spiro atoms. The van der Waals surface area contributed by atoms with Crippen molar-refractivity contribution < 1.29 is 27.6 Å². The number of hydrogen-bond donors (Lipinski definition) is 1. The van der Waals surface area contributed by atoms with Gasteiger partial charge in [-0.25, -0.2) is 5.11 Å². The SMILES string of the molecule is CCOCCOC([O])CCS(=O)(=O)O. The van der Waals surface area contributed by atoms with Crippen molar-refractivity contribution in [2.24, 2.45) is 0 Å². The smallest absolute Gasteiger partial charge is 0.265 e. The molecule has 0 rings (SSSR count). The maximum Gasteiger partial charge on any atom is 0.265 e. The minimum Gasteiger partial charge on any atom is -0.379 e. The van der Waals surface area contributed by atoms with Crippen LogP contribution in [0.15, 0.2) is 0 Å². The highest BCUT2D eigenvalue weighted by molar-refractivity contribution is 7.85. The van der Waals surface area contributed by atoms with Crippen LogP contribution in [0.4, 0.5) is 0 Å². The Morgan fingerprint density at radius 1 is 1.36 bits per heavy atom. The summed E-state index contributed by atoms with van der Waals surface area (Å²) < 4.78 is 38.4. The van der Waals surface area contributed by atoms with Gasteiger partial charge < -0.3 is 9.47 Å². The summed E-state index contributed by atoms with van der Waals surface area (Å²) in [7, 11) is -4.07. The summed E-state index contributed by atoms with van der Waals surface area (Å²) in [5, 5.41) is 10.9. The molecule has 0 aliphatic heterocycles. The lowest BCUT2D eigenvalue weighted by molar-refractivity contribution is -0.148. The molecule has 1 N–H and O–H groups in total. The van der Waals surface area contributed by atoms with Crippen molar-refractivity contribution in [3.63, 3.8) is 0 Å². The first-order valence-corrected chi connectivity index (χ1v) is 5.87. The summed E-state index contributed by atoms with van der Waals surface area (Å²) in [4.78, 5) is 0. The largest absolute Gasteiger partial charge is 0.379 e. The van der Waals surface area contributed by atoms with Crippen LogP contribution in [-0.4, -0.2) is 44.8 Å². The fourth-order valence-corrected chi connectivity index (χ4v) is 1.20. The second-order valence-corrected chi connectivity index (χ2v) is 4.14. The maximum absolute atomic E-state index is 10.9. The minimum atomic E-state index is -4.07. The Labute approximate surface area is 83.6 Å². The molecule has 1 radical (unpaired) electrons. The molecule has 0 aromatic heterocycles. The van der Waals surface area contributed by atoms with Crippen LogP contribution in [0.5, 0.6) is 0 Å². The molecule has 85 valence electrons. The summed E-state index contributed by atoms with van der Waals surface area (Å²) in [6, 6.07) is 0. The molecule has 0 aliphatic rings. The predicted molar refractivity (Wildman–Crippen MR) is 48.0 cm³/mol. The van der Waals surface area contributed by atoms with Crippen molar-refractivity contribution in [1.82, 2.24) is 0 Å². The van der Waals surface area contributed by atoms with E-state index in [0.29, 0.717) is 13.2 Å². The standard InChI is InChI=1S/C7H15O6S/c1-2-12-4-5-13-7(8)3-6-14(9,10)11/h7H,2-6H2,1H3,(H,9,10,11). The van der Waals surface area contributed by atoms with Crippen LogP contribution in [0.3, 0.4) is 0 Å². The molecule has 0 saturated heterocycles. The van der Waals surface area contributed by atoms with Gasteiger partial charge in [-0.05, 0) is 6.92 Å². The van der Waals surface area contributed by atoms with E-state index < -0.39 is 22.2 Å². The molecule has 0 bridgehead atoms. The average molecular weight is 227 g/mol. The molecule has 0 aromatic carbocycles. The van der Waals surface area contributed by atoms with Crippen molar-refractivity contribution >= 4 is 10.1 Å². The lowest BCUT2D eigenvalue weighted by Gasteiger charge is -2.08. The summed E-state index contributed by atoms with van der Waals surface area (Å²) in [5.74, 6) is -0.574. The van der Waals surface area contributed by atoms with E-state index in [4.69, 9.17) is 9.29 Å². The van der Waals surface area contributed by atoms with E-state index in [9.17, 15) is 13.5 Å². The molecule has 1 unspecified atom stereocenters. The lowest BCUT2D eigenvalue weighted by atomic mass is 10.5. The first-order chi connectivity index (χ1) is 6.45. The van der Waals surface area contributed by atoms with Gasteiger partial charge in [0, 0.05) is 13.0 Å². The Balaban J connectivity index is 3.42. The molecule has 14 heavy (non-hydrogen) atoms. The molecule has 0 aromatic rings. The first-order valence-electron chi connectivity index (χ1n) is 4.26. The molecular weight excluding hydrogens is 212 g/mol. The van der Waals surface area contributed by atoms with E-state index >= 15 is 0 Å². The van der Waals surface area contributed by atoms with Crippen LogP contribution in [0.25, 0.3) is 0 Å². The second-order valence-electron chi connectivity index (χ2n) is 2.57. The van der Waals surface area contributed by atoms with Gasteiger partial charge >= 0.3 is 0 Å². The molecule has 0 amide bonds. The number of rotatable bonds is 8.